The highest BCUT2D eigenvalue weighted by atomic mass is 19.4. The summed E-state index contributed by atoms with van der Waals surface area (Å²) in [4.78, 5) is 26.4. The Hall–Kier alpha value is -2.07. The van der Waals surface area contributed by atoms with Gasteiger partial charge >= 0.3 is 6.18 Å². The zero-order valence-corrected chi connectivity index (χ0v) is 14.3. The minimum absolute atomic E-state index is 0.0470. The molecule has 1 N–H and O–H groups in total. The van der Waals surface area contributed by atoms with Crippen LogP contribution in [0.3, 0.4) is 0 Å². The Bertz CT molecular complexity index is 747. The number of rotatable bonds is 2. The fraction of sp³-hybridized carbons (Fsp3) is 0.625. The van der Waals surface area contributed by atoms with Crippen molar-refractivity contribution in [1.82, 2.24) is 14.8 Å². The molecule has 3 rings (SSSR count). The van der Waals surface area contributed by atoms with Crippen LogP contribution in [-0.4, -0.2) is 67.6 Å². The van der Waals surface area contributed by atoms with Crippen molar-refractivity contribution in [3.05, 3.63) is 27.7 Å². The van der Waals surface area contributed by atoms with E-state index in [1.165, 1.54) is 17.7 Å². The zero-order valence-electron chi connectivity index (χ0n) is 14.3. The van der Waals surface area contributed by atoms with Gasteiger partial charge in [0.25, 0.3) is 11.5 Å². The molecule has 7 nitrogen and oxygen atoms in total. The van der Waals surface area contributed by atoms with Gasteiger partial charge in [-0.1, -0.05) is 0 Å². The Morgan fingerprint density at radius 3 is 2.81 bits per heavy atom. The number of ether oxygens (including phenoxy) is 2. The van der Waals surface area contributed by atoms with Crippen LogP contribution in [0.25, 0.3) is 0 Å². The van der Waals surface area contributed by atoms with Crippen molar-refractivity contribution in [3.8, 4) is 5.75 Å². The number of aromatic nitrogens is 1. The lowest BCUT2D eigenvalue weighted by molar-refractivity contribution is -0.233. The number of hydrogen-bond donors (Lipinski definition) is 1. The van der Waals surface area contributed by atoms with Crippen molar-refractivity contribution in [3.63, 3.8) is 0 Å². The number of morpholine rings is 1. The van der Waals surface area contributed by atoms with Gasteiger partial charge in [-0.2, -0.15) is 13.2 Å². The van der Waals surface area contributed by atoms with E-state index in [1.54, 1.807) is 0 Å². The van der Waals surface area contributed by atoms with E-state index < -0.39 is 24.7 Å². The molecule has 1 fully saturated rings. The molecule has 1 aromatic rings. The fourth-order valence-corrected chi connectivity index (χ4v) is 3.28. The molecule has 2 aliphatic heterocycles. The van der Waals surface area contributed by atoms with Gasteiger partial charge in [0.05, 0.1) is 20.3 Å². The van der Waals surface area contributed by atoms with E-state index in [2.05, 4.69) is 5.32 Å². The number of fused-ring (bicyclic) bond motifs is 1. The van der Waals surface area contributed by atoms with E-state index in [0.717, 1.165) is 4.90 Å². The van der Waals surface area contributed by atoms with Gasteiger partial charge in [-0.25, -0.2) is 0 Å². The third-order valence-electron chi connectivity index (χ3n) is 4.58. The third kappa shape index (κ3) is 3.56. The Labute approximate surface area is 147 Å². The van der Waals surface area contributed by atoms with E-state index in [4.69, 9.17) is 9.47 Å². The van der Waals surface area contributed by atoms with E-state index in [1.807, 2.05) is 0 Å². The Morgan fingerprint density at radius 1 is 1.35 bits per heavy atom. The Balaban J connectivity index is 2.00. The van der Waals surface area contributed by atoms with Crippen LogP contribution in [0.15, 0.2) is 10.9 Å². The molecule has 0 saturated carbocycles. The zero-order chi connectivity index (χ0) is 18.9. The summed E-state index contributed by atoms with van der Waals surface area (Å²) in [5.74, 6) is -0.492. The topological polar surface area (TPSA) is 72.8 Å². The number of methoxy groups -OCH3 is 1. The van der Waals surface area contributed by atoms with Crippen molar-refractivity contribution in [2.75, 3.05) is 39.9 Å². The van der Waals surface area contributed by atoms with Crippen molar-refractivity contribution in [2.24, 2.45) is 0 Å². The highest BCUT2D eigenvalue weighted by Gasteiger charge is 2.44. The van der Waals surface area contributed by atoms with Crippen LogP contribution in [0.1, 0.15) is 16.1 Å². The molecule has 26 heavy (non-hydrogen) atoms. The second-order valence-electron chi connectivity index (χ2n) is 6.18. The molecule has 1 aromatic heterocycles. The first-order valence-corrected chi connectivity index (χ1v) is 8.32. The largest absolute Gasteiger partial charge is 0.496 e. The summed E-state index contributed by atoms with van der Waals surface area (Å²) in [6, 6.07) is 1.21. The molecular formula is C16H20F3N3O4. The van der Waals surface area contributed by atoms with Gasteiger partial charge in [-0.3, -0.25) is 9.59 Å². The summed E-state index contributed by atoms with van der Waals surface area (Å²) in [6.45, 7) is 0.775. The molecule has 3 heterocycles. The number of carbonyl (C=O) groups is 1. The van der Waals surface area contributed by atoms with Crippen molar-refractivity contribution >= 4 is 5.91 Å². The highest BCUT2D eigenvalue weighted by Crippen LogP contribution is 2.28. The molecule has 1 atom stereocenters. The summed E-state index contributed by atoms with van der Waals surface area (Å²) in [6.07, 6.45) is -6.16. The number of nitrogens with one attached hydrogen (secondary N) is 1. The van der Waals surface area contributed by atoms with Gasteiger partial charge < -0.3 is 24.3 Å². The number of pyridine rings is 1. The number of nitrogens with zero attached hydrogens (tertiary/aromatic N) is 2. The monoisotopic (exact) mass is 375 g/mol. The molecule has 2 aliphatic rings. The van der Waals surface area contributed by atoms with Crippen LogP contribution < -0.4 is 15.6 Å². The number of carbonyl (C=O) groups excluding carboxylic acids is 1. The lowest BCUT2D eigenvalue weighted by Crippen LogP contribution is -2.51. The smallest absolute Gasteiger partial charge is 0.416 e. The van der Waals surface area contributed by atoms with Gasteiger partial charge in [-0.15, -0.1) is 0 Å². The van der Waals surface area contributed by atoms with Crippen LogP contribution in [0.5, 0.6) is 5.75 Å². The summed E-state index contributed by atoms with van der Waals surface area (Å²) >= 11 is 0. The van der Waals surface area contributed by atoms with Gasteiger partial charge in [0, 0.05) is 44.4 Å². The molecule has 0 aromatic carbocycles. The minimum atomic E-state index is -4.54. The van der Waals surface area contributed by atoms with Crippen LogP contribution in [0.4, 0.5) is 13.2 Å². The maximum Gasteiger partial charge on any atom is 0.416 e. The maximum atomic E-state index is 13.0. The molecule has 0 bridgehead atoms. The summed E-state index contributed by atoms with van der Waals surface area (Å²) in [7, 11) is 1.33. The highest BCUT2D eigenvalue weighted by molar-refractivity contribution is 5.98. The number of hydrogen-bond acceptors (Lipinski definition) is 5. The molecular weight excluding hydrogens is 355 g/mol. The second kappa shape index (κ2) is 7.28. The van der Waals surface area contributed by atoms with Gasteiger partial charge in [0.2, 0.25) is 0 Å². The van der Waals surface area contributed by atoms with Gasteiger partial charge in [-0.05, 0) is 0 Å². The minimum Gasteiger partial charge on any atom is -0.496 e. The predicted octanol–water partition coefficient (Wildman–Crippen LogP) is 0.406. The summed E-state index contributed by atoms with van der Waals surface area (Å²) in [5.41, 5.74) is 0.338. The number of alkyl halides is 3. The van der Waals surface area contributed by atoms with Crippen molar-refractivity contribution in [2.45, 2.75) is 25.2 Å². The van der Waals surface area contributed by atoms with E-state index in [0.29, 0.717) is 31.7 Å². The quantitative estimate of drug-likeness (QED) is 0.811. The van der Waals surface area contributed by atoms with Crippen LogP contribution >= 0.6 is 0 Å². The number of halogens is 3. The summed E-state index contributed by atoms with van der Waals surface area (Å²) < 4.78 is 50.3. The van der Waals surface area contributed by atoms with Crippen molar-refractivity contribution in [1.29, 1.82) is 0 Å². The van der Waals surface area contributed by atoms with Gasteiger partial charge in [0.15, 0.2) is 6.10 Å². The lowest BCUT2D eigenvalue weighted by Gasteiger charge is -2.34. The van der Waals surface area contributed by atoms with Crippen LogP contribution in [-0.2, 0) is 17.7 Å². The average Bonchev–Trinajstić information content (AvgIpc) is 2.87. The summed E-state index contributed by atoms with van der Waals surface area (Å²) in [5, 5.41) is 3.14. The first-order valence-electron chi connectivity index (χ1n) is 8.32. The molecule has 0 radical (unpaired) electrons. The SMILES string of the molecule is COc1cc(=O)n2c(c1C(=O)N1CCOC(C(F)(F)F)C1)CCNCC2. The molecule has 1 saturated heterocycles. The average molecular weight is 375 g/mol. The van der Waals surface area contributed by atoms with E-state index in [-0.39, 0.29) is 30.0 Å². The molecule has 1 amide bonds. The van der Waals surface area contributed by atoms with Crippen LogP contribution in [0.2, 0.25) is 0 Å². The van der Waals surface area contributed by atoms with E-state index in [9.17, 15) is 22.8 Å². The Kier molecular flexibility index (Phi) is 5.24. The van der Waals surface area contributed by atoms with Crippen LogP contribution in [0, 0.1) is 0 Å². The molecule has 1 unspecified atom stereocenters. The normalized spacial score (nSPS) is 21.1. The molecule has 0 spiro atoms. The second-order valence-corrected chi connectivity index (χ2v) is 6.18. The van der Waals surface area contributed by atoms with Gasteiger partial charge in [0.1, 0.15) is 11.3 Å². The predicted molar refractivity (Wildman–Crippen MR) is 85.5 cm³/mol. The first kappa shape index (κ1) is 18.7. The third-order valence-corrected chi connectivity index (χ3v) is 4.58. The van der Waals surface area contributed by atoms with E-state index >= 15 is 0 Å². The molecule has 144 valence electrons. The number of amides is 1. The fourth-order valence-electron chi connectivity index (χ4n) is 3.28. The molecule has 0 aliphatic carbocycles. The van der Waals surface area contributed by atoms with Crippen molar-refractivity contribution < 1.29 is 27.4 Å². The lowest BCUT2D eigenvalue weighted by atomic mass is 10.1. The first-order chi connectivity index (χ1) is 12.3. The Morgan fingerprint density at radius 2 is 2.12 bits per heavy atom. The standard InChI is InChI=1S/C16H20F3N3O4/c1-25-11-8-13(23)22-5-4-20-3-2-10(22)14(11)15(24)21-6-7-26-12(9-21)16(17,18)19/h8,12,20H,2-7,9H2,1H3. The molecule has 10 heteroatoms. The maximum absolute atomic E-state index is 13.0.